The topological polar surface area (TPSA) is 41.9 Å². The number of aliphatic hydroxyl groups is 1. The lowest BCUT2D eigenvalue weighted by Crippen LogP contribution is -2.50. The summed E-state index contributed by atoms with van der Waals surface area (Å²) in [6.45, 7) is 21.1. The molecule has 0 aromatic carbocycles. The van der Waals surface area contributed by atoms with Gasteiger partial charge >= 0.3 is 0 Å². The zero-order valence-corrected chi connectivity index (χ0v) is 35.8. The van der Waals surface area contributed by atoms with Crippen LogP contribution >= 0.6 is 0 Å². The number of ether oxygens (including phenoxy) is 2. The second-order valence-corrected chi connectivity index (χ2v) is 19.1. The number of unbranched alkanes of at least 4 members (excludes halogenated alkanes) is 7. The molecule has 4 heteroatoms. The summed E-state index contributed by atoms with van der Waals surface area (Å²) in [5.41, 5.74) is 5.70. The van der Waals surface area contributed by atoms with Crippen LogP contribution in [0.4, 0.5) is 0 Å². The number of methoxy groups -OCH3 is 1. The van der Waals surface area contributed by atoms with E-state index in [1.54, 1.807) is 12.7 Å². The molecule has 4 nitrogen and oxygen atoms in total. The highest BCUT2D eigenvalue weighted by molar-refractivity contribution is 5.26. The van der Waals surface area contributed by atoms with Crippen molar-refractivity contribution in [1.82, 2.24) is 4.90 Å². The molecule has 0 spiro atoms. The fraction of sp³-hybridized carbons (Fsp3) is 0.857. The Balaban J connectivity index is 1.11. The molecule has 4 aliphatic rings. The lowest BCUT2D eigenvalue weighted by atomic mass is 9.46. The summed E-state index contributed by atoms with van der Waals surface area (Å²) in [4.78, 5) is 2.63. The Morgan fingerprint density at radius 2 is 1.60 bits per heavy atom. The molecule has 0 aromatic heterocycles. The third kappa shape index (κ3) is 12.8. The summed E-state index contributed by atoms with van der Waals surface area (Å²) in [5, 5.41) is 9.26. The minimum atomic E-state index is 0.304. The summed E-state index contributed by atoms with van der Waals surface area (Å²) in [7, 11) is 1.71. The monoisotopic (exact) mass is 736 g/mol. The van der Waals surface area contributed by atoms with Gasteiger partial charge in [0.25, 0.3) is 0 Å². The van der Waals surface area contributed by atoms with E-state index < -0.39 is 0 Å². The van der Waals surface area contributed by atoms with Crippen molar-refractivity contribution < 1.29 is 14.6 Å². The zero-order chi connectivity index (χ0) is 38.1. The first-order chi connectivity index (χ1) is 25.7. The molecule has 0 heterocycles. The van der Waals surface area contributed by atoms with Crippen molar-refractivity contribution >= 4 is 0 Å². The SMILES string of the molecule is C=C=C(CCCCCCN(CCCCO)CCCCCCOC=CC1CCC2(C)C(=CCC3C2CCC2(C)C(C(C)CCCC(C)C)CCC32)C1)OC. The Labute approximate surface area is 328 Å². The third-order valence-electron chi connectivity index (χ3n) is 15.2. The average molecular weight is 736 g/mol. The molecule has 8 atom stereocenters. The predicted octanol–water partition coefficient (Wildman–Crippen LogP) is 13.1. The minimum absolute atomic E-state index is 0.304. The van der Waals surface area contributed by atoms with Crippen molar-refractivity contribution in [3.05, 3.63) is 42.1 Å². The first-order valence-corrected chi connectivity index (χ1v) is 22.9. The Bertz CT molecular complexity index is 1150. The van der Waals surface area contributed by atoms with Crippen LogP contribution in [0.25, 0.3) is 0 Å². The molecule has 3 saturated carbocycles. The molecular weight excluding hydrogens is 651 g/mol. The maximum atomic E-state index is 9.26. The van der Waals surface area contributed by atoms with E-state index in [-0.39, 0.29) is 0 Å². The fourth-order valence-corrected chi connectivity index (χ4v) is 12.0. The zero-order valence-electron chi connectivity index (χ0n) is 35.8. The second-order valence-electron chi connectivity index (χ2n) is 19.1. The van der Waals surface area contributed by atoms with Crippen molar-refractivity contribution in [2.45, 2.75) is 176 Å². The van der Waals surface area contributed by atoms with Gasteiger partial charge in [-0.3, -0.25) is 0 Å². The van der Waals surface area contributed by atoms with Gasteiger partial charge in [0, 0.05) is 13.0 Å². The fourth-order valence-electron chi connectivity index (χ4n) is 12.0. The molecule has 8 unspecified atom stereocenters. The van der Waals surface area contributed by atoms with Crippen LogP contribution in [0.5, 0.6) is 0 Å². The summed E-state index contributed by atoms with van der Waals surface area (Å²) in [6.07, 6.45) is 35.4. The quantitative estimate of drug-likeness (QED) is 0.0416. The van der Waals surface area contributed by atoms with Crippen LogP contribution in [-0.2, 0) is 9.47 Å². The lowest BCUT2D eigenvalue weighted by molar-refractivity contribution is -0.0517. The van der Waals surface area contributed by atoms with Crippen LogP contribution in [0.1, 0.15) is 176 Å². The molecule has 4 aliphatic carbocycles. The summed E-state index contributed by atoms with van der Waals surface area (Å²) in [5.74, 6) is 6.99. The second kappa shape index (κ2) is 22.9. The van der Waals surface area contributed by atoms with Crippen LogP contribution in [-0.4, -0.2) is 50.0 Å². The number of nitrogens with zero attached hydrogens (tertiary/aromatic N) is 1. The molecule has 0 aromatic rings. The van der Waals surface area contributed by atoms with E-state index in [9.17, 15) is 5.11 Å². The van der Waals surface area contributed by atoms with Gasteiger partial charge in [0.1, 0.15) is 5.76 Å². The van der Waals surface area contributed by atoms with E-state index in [1.807, 2.05) is 0 Å². The van der Waals surface area contributed by atoms with Crippen LogP contribution in [0.3, 0.4) is 0 Å². The number of hydrogen-bond donors (Lipinski definition) is 1. The Morgan fingerprint density at radius 1 is 0.887 bits per heavy atom. The van der Waals surface area contributed by atoms with Crippen molar-refractivity contribution in [3.63, 3.8) is 0 Å². The maximum Gasteiger partial charge on any atom is 0.137 e. The van der Waals surface area contributed by atoms with Gasteiger partial charge < -0.3 is 19.5 Å². The molecule has 0 saturated heterocycles. The lowest BCUT2D eigenvalue weighted by Gasteiger charge is -2.58. The predicted molar refractivity (Wildman–Crippen MR) is 226 cm³/mol. The number of allylic oxidation sites excluding steroid dienone is 4. The highest BCUT2D eigenvalue weighted by Gasteiger charge is 2.59. The standard InChI is InChI=1S/C49H85NO3/c1-8-43(52-7)22-13-9-10-14-32-50(34-16-17-35-51)33-15-11-12-18-36-53-37-29-41-27-30-48(5)42(38-41)23-24-44-46-26-25-45(40(4)21-19-20-39(2)3)49(46,6)31-28-47(44)48/h23,29,37,39-41,44-47,51H,1,9-22,24-28,30-36,38H2,2-7H3. The molecule has 53 heavy (non-hydrogen) atoms. The van der Waals surface area contributed by atoms with E-state index >= 15 is 0 Å². The molecule has 0 radical (unpaired) electrons. The van der Waals surface area contributed by atoms with E-state index in [2.05, 4.69) is 70.2 Å². The number of rotatable bonds is 26. The van der Waals surface area contributed by atoms with Gasteiger partial charge in [-0.25, -0.2) is 0 Å². The van der Waals surface area contributed by atoms with Crippen LogP contribution in [0, 0.1) is 52.3 Å². The van der Waals surface area contributed by atoms with Crippen molar-refractivity contribution in [3.8, 4) is 0 Å². The molecule has 0 bridgehead atoms. The summed E-state index contributed by atoms with van der Waals surface area (Å²) in [6, 6.07) is 0. The van der Waals surface area contributed by atoms with Crippen molar-refractivity contribution in [2.24, 2.45) is 52.3 Å². The van der Waals surface area contributed by atoms with Gasteiger partial charge in [0.2, 0.25) is 0 Å². The summed E-state index contributed by atoms with van der Waals surface area (Å²) < 4.78 is 11.3. The molecular formula is C49H85NO3. The highest BCUT2D eigenvalue weighted by atomic mass is 16.5. The van der Waals surface area contributed by atoms with Gasteiger partial charge in [0.05, 0.1) is 20.0 Å². The molecule has 4 rings (SSSR count). The highest BCUT2D eigenvalue weighted by Crippen LogP contribution is 2.67. The minimum Gasteiger partial charge on any atom is -0.502 e. The number of fused-ring (bicyclic) bond motifs is 5. The Hall–Kier alpha value is -1.48. The summed E-state index contributed by atoms with van der Waals surface area (Å²) >= 11 is 0. The van der Waals surface area contributed by atoms with Crippen molar-refractivity contribution in [1.29, 1.82) is 0 Å². The smallest absolute Gasteiger partial charge is 0.137 e. The van der Waals surface area contributed by atoms with E-state index in [1.165, 1.54) is 122 Å². The number of hydrogen-bond acceptors (Lipinski definition) is 4. The first kappa shape index (κ1) is 44.2. The van der Waals surface area contributed by atoms with Gasteiger partial charge in [-0.05, 0) is 168 Å². The first-order valence-electron chi connectivity index (χ1n) is 22.9. The van der Waals surface area contributed by atoms with Gasteiger partial charge in [-0.2, -0.15) is 0 Å². The Morgan fingerprint density at radius 3 is 2.30 bits per heavy atom. The van der Waals surface area contributed by atoms with E-state index in [4.69, 9.17) is 9.47 Å². The third-order valence-corrected chi connectivity index (χ3v) is 15.2. The largest absolute Gasteiger partial charge is 0.502 e. The van der Waals surface area contributed by atoms with Gasteiger partial charge in [-0.15, -0.1) is 0 Å². The Kier molecular flexibility index (Phi) is 19.1. The van der Waals surface area contributed by atoms with E-state index in [0.29, 0.717) is 23.4 Å². The molecule has 1 N–H and O–H groups in total. The number of aliphatic hydroxyl groups excluding tert-OH is 1. The van der Waals surface area contributed by atoms with Gasteiger partial charge in [0.15, 0.2) is 0 Å². The van der Waals surface area contributed by atoms with E-state index in [0.717, 1.165) is 86.5 Å². The molecule has 304 valence electrons. The molecule has 0 amide bonds. The molecule has 3 fully saturated rings. The molecule has 0 aliphatic heterocycles. The van der Waals surface area contributed by atoms with Crippen LogP contribution in [0.2, 0.25) is 0 Å². The normalized spacial score (nSPS) is 30.1. The van der Waals surface area contributed by atoms with Crippen LogP contribution < -0.4 is 0 Å². The average Bonchev–Trinajstić information content (AvgIpc) is 3.50. The van der Waals surface area contributed by atoms with Gasteiger partial charge in [-0.1, -0.05) is 104 Å². The maximum absolute atomic E-state index is 9.26. The van der Waals surface area contributed by atoms with Crippen LogP contribution in [0.15, 0.2) is 42.1 Å². The van der Waals surface area contributed by atoms with Crippen molar-refractivity contribution in [2.75, 3.05) is 40.0 Å².